The van der Waals surface area contributed by atoms with Crippen LogP contribution in [0.2, 0.25) is 0 Å². The molecule has 1 N–H and O–H groups in total. The molecule has 4 bridgehead atoms. The summed E-state index contributed by atoms with van der Waals surface area (Å²) in [4.78, 5) is 25.8. The molecule has 2 heterocycles. The highest BCUT2D eigenvalue weighted by Crippen LogP contribution is 2.60. The lowest BCUT2D eigenvalue weighted by Gasteiger charge is -2.56. The van der Waals surface area contributed by atoms with Gasteiger partial charge in [0, 0.05) is 19.1 Å². The molecule has 6 atom stereocenters. The van der Waals surface area contributed by atoms with Crippen molar-refractivity contribution in [2.45, 2.75) is 126 Å². The first-order valence-electron chi connectivity index (χ1n) is 14.6. The van der Waals surface area contributed by atoms with Gasteiger partial charge in [-0.25, -0.2) is 0 Å². The van der Waals surface area contributed by atoms with Crippen molar-refractivity contribution >= 4 is 11.9 Å². The quantitative estimate of drug-likeness (QED) is 0.277. The first-order chi connectivity index (χ1) is 17.6. The predicted molar refractivity (Wildman–Crippen MR) is 138 cm³/mol. The van der Waals surface area contributed by atoms with Crippen LogP contribution in [-0.4, -0.2) is 60.6 Å². The normalized spacial score (nSPS) is 47.0. The summed E-state index contributed by atoms with van der Waals surface area (Å²) in [6.07, 6.45) is 11.8. The number of carbonyl (C=O) groups is 2. The van der Waals surface area contributed by atoms with E-state index < -0.39 is 0 Å². The minimum Gasteiger partial charge on any atom is -0.460 e. The second kappa shape index (κ2) is 9.34. The summed E-state index contributed by atoms with van der Waals surface area (Å²) in [6.45, 7) is 7.05. The zero-order valence-electron chi connectivity index (χ0n) is 23.1. The molecule has 0 unspecified atom stereocenters. The zero-order valence-corrected chi connectivity index (χ0v) is 23.1. The van der Waals surface area contributed by atoms with Crippen LogP contribution < -0.4 is 5.32 Å². The summed E-state index contributed by atoms with van der Waals surface area (Å²) in [5, 5.41) is 3.37. The first kappa shape index (κ1) is 25.8. The molecule has 2 saturated heterocycles. The molecule has 1 amide bonds. The molecule has 7 heteroatoms. The molecule has 7 nitrogen and oxygen atoms in total. The molecule has 0 radical (unpaired) electrons. The highest BCUT2D eigenvalue weighted by molar-refractivity contribution is 5.82. The lowest BCUT2D eigenvalue weighted by atomic mass is 9.53. The number of epoxide rings is 2. The Balaban J connectivity index is 1.04. The maximum Gasteiger partial charge on any atom is 0.306 e. The fraction of sp³-hybridized carbons (Fsp3) is 0.867. The Morgan fingerprint density at radius 1 is 1.05 bits per heavy atom. The third kappa shape index (κ3) is 4.89. The van der Waals surface area contributed by atoms with Gasteiger partial charge in [0.25, 0.3) is 0 Å². The van der Waals surface area contributed by atoms with E-state index >= 15 is 0 Å². The second-order valence-corrected chi connectivity index (χ2v) is 13.7. The minimum absolute atomic E-state index is 0.00458. The molecule has 37 heavy (non-hydrogen) atoms. The number of rotatable bonds is 9. The van der Waals surface area contributed by atoms with Gasteiger partial charge in [0.2, 0.25) is 5.91 Å². The van der Waals surface area contributed by atoms with Crippen LogP contribution >= 0.6 is 0 Å². The van der Waals surface area contributed by atoms with Crippen molar-refractivity contribution in [1.29, 1.82) is 0 Å². The van der Waals surface area contributed by atoms with Gasteiger partial charge in [-0.1, -0.05) is 11.6 Å². The van der Waals surface area contributed by atoms with Gasteiger partial charge in [0.05, 0.1) is 25.0 Å². The maximum atomic E-state index is 12.9. The molecular formula is C30H45NO6. The van der Waals surface area contributed by atoms with E-state index in [9.17, 15) is 9.59 Å². The number of esters is 1. The van der Waals surface area contributed by atoms with E-state index in [4.69, 9.17) is 18.9 Å². The molecule has 0 aromatic rings. The van der Waals surface area contributed by atoms with Crippen LogP contribution in [0.25, 0.3) is 0 Å². The number of amides is 1. The van der Waals surface area contributed by atoms with Crippen molar-refractivity contribution in [1.82, 2.24) is 5.32 Å². The van der Waals surface area contributed by atoms with Gasteiger partial charge in [0.15, 0.2) is 0 Å². The largest absolute Gasteiger partial charge is 0.460 e. The van der Waals surface area contributed by atoms with Crippen LogP contribution in [-0.2, 0) is 28.5 Å². The second-order valence-electron chi connectivity index (χ2n) is 13.7. The van der Waals surface area contributed by atoms with Crippen molar-refractivity contribution in [3.8, 4) is 0 Å². The monoisotopic (exact) mass is 515 g/mol. The smallest absolute Gasteiger partial charge is 0.306 e. The average Bonchev–Trinajstić information content (AvgIpc) is 3.73. The van der Waals surface area contributed by atoms with Gasteiger partial charge in [-0.05, 0) is 96.3 Å². The SMILES string of the molecule is CO[C@@H]1[C@H](OC(=O)CCC(=O)NC23CC4CC(CC(C4)C2)C3)CC[C@]2(CO2)[C@H]1[C@@]1(C)O[C@@H]1CC=C(C)C. The lowest BCUT2D eigenvalue weighted by molar-refractivity contribution is -0.172. The van der Waals surface area contributed by atoms with Crippen LogP contribution in [0.1, 0.15) is 91.4 Å². The van der Waals surface area contributed by atoms with Crippen molar-refractivity contribution in [2.75, 3.05) is 13.7 Å². The molecular weight excluding hydrogens is 470 g/mol. The van der Waals surface area contributed by atoms with Gasteiger partial charge >= 0.3 is 5.97 Å². The van der Waals surface area contributed by atoms with E-state index in [0.29, 0.717) is 13.0 Å². The fourth-order valence-corrected chi connectivity index (χ4v) is 9.14. The molecule has 7 rings (SSSR count). The molecule has 1 spiro atoms. The highest BCUT2D eigenvalue weighted by Gasteiger charge is 2.72. The van der Waals surface area contributed by atoms with Gasteiger partial charge in [0.1, 0.15) is 23.4 Å². The van der Waals surface area contributed by atoms with Gasteiger partial charge in [-0.15, -0.1) is 0 Å². The number of nitrogens with one attached hydrogen (secondary N) is 1. The molecule has 5 saturated carbocycles. The van der Waals surface area contributed by atoms with Crippen molar-refractivity contribution < 1.29 is 28.5 Å². The number of methoxy groups -OCH3 is 1. The lowest BCUT2D eigenvalue weighted by Crippen LogP contribution is -2.59. The summed E-state index contributed by atoms with van der Waals surface area (Å²) in [6, 6.07) is 0. The summed E-state index contributed by atoms with van der Waals surface area (Å²) in [5.74, 6) is 2.02. The van der Waals surface area contributed by atoms with E-state index in [1.165, 1.54) is 24.8 Å². The standard InChI is InChI=1S/C30H45NO6/c1-18(2)5-6-23-28(3,37-23)27-26(34-4)22(9-10-30(27)17-35-30)36-25(33)8-7-24(32)31-29-14-19-11-20(15-29)13-21(12-19)16-29/h5,19-23,26-27H,6-17H2,1-4H3,(H,31,32)/t19?,20?,21?,22-,23-,26-,27-,28+,29?,30+/m1/s1. The van der Waals surface area contributed by atoms with Crippen molar-refractivity contribution in [3.63, 3.8) is 0 Å². The number of allylic oxidation sites excluding steroid dienone is 1. The third-order valence-corrected chi connectivity index (χ3v) is 10.5. The van der Waals surface area contributed by atoms with Gasteiger partial charge in [-0.3, -0.25) is 9.59 Å². The predicted octanol–water partition coefficient (Wildman–Crippen LogP) is 4.47. The average molecular weight is 516 g/mol. The van der Waals surface area contributed by atoms with Crippen LogP contribution in [0.4, 0.5) is 0 Å². The fourth-order valence-electron chi connectivity index (χ4n) is 9.14. The van der Waals surface area contributed by atoms with Crippen LogP contribution in [0.15, 0.2) is 11.6 Å². The van der Waals surface area contributed by atoms with Crippen LogP contribution in [0.3, 0.4) is 0 Å². The Labute approximate surface area is 221 Å². The maximum absolute atomic E-state index is 12.9. The molecule has 0 aromatic carbocycles. The Hall–Kier alpha value is -1.44. The Kier molecular flexibility index (Phi) is 6.52. The molecule has 7 fully saturated rings. The third-order valence-electron chi connectivity index (χ3n) is 10.5. The molecule has 5 aliphatic carbocycles. The first-order valence-corrected chi connectivity index (χ1v) is 14.6. The van der Waals surface area contributed by atoms with E-state index in [2.05, 4.69) is 32.2 Å². The summed E-state index contributed by atoms with van der Waals surface area (Å²) >= 11 is 0. The van der Waals surface area contributed by atoms with E-state index in [1.54, 1.807) is 7.11 Å². The number of hydrogen-bond donors (Lipinski definition) is 1. The molecule has 7 aliphatic rings. The van der Waals surface area contributed by atoms with E-state index in [0.717, 1.165) is 49.9 Å². The van der Waals surface area contributed by atoms with Crippen LogP contribution in [0.5, 0.6) is 0 Å². The summed E-state index contributed by atoms with van der Waals surface area (Å²) in [7, 11) is 1.69. The number of ether oxygens (including phenoxy) is 4. The zero-order chi connectivity index (χ0) is 26.0. The molecule has 0 aromatic heterocycles. The van der Waals surface area contributed by atoms with Crippen LogP contribution in [0, 0.1) is 23.7 Å². The van der Waals surface area contributed by atoms with E-state index in [-0.39, 0.29) is 65.7 Å². The molecule has 2 aliphatic heterocycles. The topological polar surface area (TPSA) is 89.7 Å². The van der Waals surface area contributed by atoms with Crippen molar-refractivity contribution in [2.24, 2.45) is 23.7 Å². The van der Waals surface area contributed by atoms with Crippen molar-refractivity contribution in [3.05, 3.63) is 11.6 Å². The van der Waals surface area contributed by atoms with Gasteiger partial charge < -0.3 is 24.3 Å². The molecule has 206 valence electrons. The Morgan fingerprint density at radius 2 is 1.70 bits per heavy atom. The Morgan fingerprint density at radius 3 is 2.27 bits per heavy atom. The van der Waals surface area contributed by atoms with E-state index in [1.807, 2.05) is 0 Å². The minimum atomic E-state index is -0.355. The highest BCUT2D eigenvalue weighted by atomic mass is 16.6. The number of carbonyl (C=O) groups excluding carboxylic acids is 2. The number of hydrogen-bond acceptors (Lipinski definition) is 6. The summed E-state index contributed by atoms with van der Waals surface area (Å²) in [5.41, 5.74) is 0.663. The summed E-state index contributed by atoms with van der Waals surface area (Å²) < 4.78 is 24.2. The van der Waals surface area contributed by atoms with Gasteiger partial charge in [-0.2, -0.15) is 0 Å². The Bertz CT molecular complexity index is 916.